The molecule has 0 bridgehead atoms. The smallest absolute Gasteiger partial charge is 0.257 e. The molecule has 7 nitrogen and oxygen atoms in total. The summed E-state index contributed by atoms with van der Waals surface area (Å²) in [7, 11) is 0. The minimum absolute atomic E-state index is 0.00755. The number of amides is 1. The Hall–Kier alpha value is -3.48. The van der Waals surface area contributed by atoms with Crippen molar-refractivity contribution in [3.05, 3.63) is 99.1 Å². The molecule has 9 heteroatoms. The minimum Gasteiger partial charge on any atom is -0.396 e. The Balaban J connectivity index is 1.52. The number of nitrogens with zero attached hydrogens (tertiary/aromatic N) is 2. The summed E-state index contributed by atoms with van der Waals surface area (Å²) in [6.07, 6.45) is 7.89. The SMILES string of the molecule is CC(O)(c1cc(F)c2c(c1)C(=O)N(Cc1ccc(C#CN)cn1)[C@@]2(OCC1(CO)CC1)c1ccc(Cl)cc1)C1CCCCC1. The minimum atomic E-state index is -1.68. The summed E-state index contributed by atoms with van der Waals surface area (Å²) in [4.78, 5) is 20.5. The van der Waals surface area contributed by atoms with Crippen molar-refractivity contribution in [1.29, 1.82) is 0 Å². The summed E-state index contributed by atoms with van der Waals surface area (Å²) in [5, 5.41) is 22.4. The van der Waals surface area contributed by atoms with E-state index >= 15 is 4.39 Å². The number of aliphatic hydroxyl groups is 2. The molecule has 3 aromatic rings. The van der Waals surface area contributed by atoms with Gasteiger partial charge in [-0.1, -0.05) is 43.0 Å². The lowest BCUT2D eigenvalue weighted by Gasteiger charge is -2.40. The maximum Gasteiger partial charge on any atom is 0.257 e. The van der Waals surface area contributed by atoms with Crippen LogP contribution in [-0.2, 0) is 22.6 Å². The van der Waals surface area contributed by atoms with Crippen LogP contribution >= 0.6 is 11.6 Å². The molecule has 2 aliphatic carbocycles. The van der Waals surface area contributed by atoms with E-state index in [0.717, 1.165) is 44.9 Å². The van der Waals surface area contributed by atoms with E-state index in [1.54, 1.807) is 55.6 Å². The molecule has 0 spiro atoms. The number of carbonyl (C=O) groups is 1. The van der Waals surface area contributed by atoms with Crippen LogP contribution in [0.1, 0.15) is 90.2 Å². The summed E-state index contributed by atoms with van der Waals surface area (Å²) in [6, 6.07) is 15.7. The van der Waals surface area contributed by atoms with Crippen molar-refractivity contribution in [3.8, 4) is 12.0 Å². The molecule has 1 aromatic heterocycles. The van der Waals surface area contributed by atoms with Gasteiger partial charge in [0.2, 0.25) is 0 Å². The first-order valence-corrected chi connectivity index (χ1v) is 15.6. The van der Waals surface area contributed by atoms with Crippen molar-refractivity contribution in [2.45, 2.75) is 69.7 Å². The van der Waals surface area contributed by atoms with Crippen molar-refractivity contribution >= 4 is 17.5 Å². The standard InChI is InChI=1S/C35H37ClFN3O4/c1-33(43,24-5-3-2-4-6-24)26-17-29-31(30(37)18-26)35(25-8-10-27(36)11-9-25,44-22-34(21-41)14-15-34)40(32(29)42)20-28-12-7-23(13-16-38)19-39-28/h7-12,17-19,24,41,43H,2-6,14-15,20-22,38H2,1H3/t33?,35-/m1/s1. The number of aromatic nitrogens is 1. The van der Waals surface area contributed by atoms with Crippen LogP contribution in [-0.4, -0.2) is 39.2 Å². The Morgan fingerprint density at radius 1 is 1.16 bits per heavy atom. The first kappa shape index (κ1) is 30.5. The maximum atomic E-state index is 16.8. The van der Waals surface area contributed by atoms with Crippen molar-refractivity contribution in [3.63, 3.8) is 0 Å². The number of halogens is 2. The number of fused-ring (bicyclic) bond motifs is 1. The van der Waals surface area contributed by atoms with Crippen LogP contribution in [0.15, 0.2) is 54.7 Å². The monoisotopic (exact) mass is 617 g/mol. The molecule has 1 amide bonds. The highest BCUT2D eigenvalue weighted by atomic mass is 35.5. The van der Waals surface area contributed by atoms with Gasteiger partial charge in [-0.15, -0.1) is 0 Å². The topological polar surface area (TPSA) is 109 Å². The third-order valence-electron chi connectivity index (χ3n) is 9.75. The summed E-state index contributed by atoms with van der Waals surface area (Å²) >= 11 is 6.27. The molecule has 2 heterocycles. The van der Waals surface area contributed by atoms with Gasteiger partial charge in [-0.3, -0.25) is 14.7 Å². The van der Waals surface area contributed by atoms with Gasteiger partial charge in [0, 0.05) is 33.8 Å². The van der Waals surface area contributed by atoms with E-state index in [-0.39, 0.29) is 36.8 Å². The molecule has 2 fully saturated rings. The number of carbonyl (C=O) groups excluding carboxylic acids is 1. The molecule has 6 rings (SSSR count). The summed E-state index contributed by atoms with van der Waals surface area (Å²) in [5.41, 5.74) is 4.15. The summed E-state index contributed by atoms with van der Waals surface area (Å²) < 4.78 is 23.5. The molecule has 2 aromatic carbocycles. The molecule has 4 N–H and O–H groups in total. The predicted octanol–water partition coefficient (Wildman–Crippen LogP) is 5.58. The highest BCUT2D eigenvalue weighted by Crippen LogP contribution is 2.53. The third kappa shape index (κ3) is 5.37. The van der Waals surface area contributed by atoms with Crippen LogP contribution in [0, 0.1) is 29.1 Å². The van der Waals surface area contributed by atoms with Gasteiger partial charge in [0.1, 0.15) is 5.82 Å². The zero-order chi connectivity index (χ0) is 31.1. The van der Waals surface area contributed by atoms with Crippen molar-refractivity contribution < 1.29 is 24.1 Å². The Morgan fingerprint density at radius 2 is 1.89 bits per heavy atom. The van der Waals surface area contributed by atoms with Crippen molar-refractivity contribution in [2.24, 2.45) is 17.1 Å². The fraction of sp³-hybridized carbons (Fsp3) is 0.429. The zero-order valence-electron chi connectivity index (χ0n) is 24.8. The van der Waals surface area contributed by atoms with E-state index in [1.807, 2.05) is 0 Å². The van der Waals surface area contributed by atoms with Gasteiger partial charge in [-0.2, -0.15) is 0 Å². The van der Waals surface area contributed by atoms with Crippen LogP contribution in [0.4, 0.5) is 4.39 Å². The number of hydrogen-bond acceptors (Lipinski definition) is 6. The second-order valence-corrected chi connectivity index (χ2v) is 13.1. The zero-order valence-corrected chi connectivity index (χ0v) is 25.5. The molecule has 44 heavy (non-hydrogen) atoms. The summed E-state index contributed by atoms with van der Waals surface area (Å²) in [6.45, 7) is 1.74. The number of aliphatic hydroxyl groups excluding tert-OH is 1. The predicted molar refractivity (Wildman–Crippen MR) is 165 cm³/mol. The largest absolute Gasteiger partial charge is 0.396 e. The van der Waals surface area contributed by atoms with Gasteiger partial charge < -0.3 is 20.7 Å². The van der Waals surface area contributed by atoms with Gasteiger partial charge in [-0.05, 0) is 86.4 Å². The molecule has 1 aliphatic heterocycles. The summed E-state index contributed by atoms with van der Waals surface area (Å²) in [5.74, 6) is 1.62. The molecule has 1 unspecified atom stereocenters. The fourth-order valence-corrected chi connectivity index (χ4v) is 6.87. The first-order valence-electron chi connectivity index (χ1n) is 15.2. The van der Waals surface area contributed by atoms with Gasteiger partial charge in [0.05, 0.1) is 42.2 Å². The fourth-order valence-electron chi connectivity index (χ4n) is 6.75. The number of hydrogen-bond donors (Lipinski definition) is 3. The van der Waals surface area contributed by atoms with Crippen LogP contribution in [0.25, 0.3) is 0 Å². The van der Waals surface area contributed by atoms with Crippen LogP contribution in [0.5, 0.6) is 0 Å². The second kappa shape index (κ2) is 11.8. The Kier molecular flexibility index (Phi) is 8.18. The molecular formula is C35H37ClFN3O4. The Labute approximate surface area is 262 Å². The van der Waals surface area contributed by atoms with Crippen molar-refractivity contribution in [1.82, 2.24) is 9.88 Å². The van der Waals surface area contributed by atoms with Gasteiger partial charge in [0.25, 0.3) is 5.91 Å². The third-order valence-corrected chi connectivity index (χ3v) is 10.00. The average Bonchev–Trinajstić information content (AvgIpc) is 3.78. The van der Waals surface area contributed by atoms with Crippen LogP contribution in [0.2, 0.25) is 5.02 Å². The molecule has 0 radical (unpaired) electrons. The van der Waals surface area contributed by atoms with Crippen LogP contribution in [0.3, 0.4) is 0 Å². The van der Waals surface area contributed by atoms with Gasteiger partial charge in [-0.25, -0.2) is 4.39 Å². The molecule has 2 atom stereocenters. The molecule has 230 valence electrons. The van der Waals surface area contributed by atoms with E-state index in [0.29, 0.717) is 27.4 Å². The Morgan fingerprint density at radius 3 is 2.50 bits per heavy atom. The Bertz CT molecular complexity index is 1610. The molecule has 2 saturated carbocycles. The average molecular weight is 618 g/mol. The van der Waals surface area contributed by atoms with E-state index in [4.69, 9.17) is 22.1 Å². The lowest BCUT2D eigenvalue weighted by atomic mass is 9.74. The number of benzene rings is 2. The van der Waals surface area contributed by atoms with E-state index in [9.17, 15) is 15.0 Å². The second-order valence-electron chi connectivity index (χ2n) is 12.7. The molecule has 0 saturated heterocycles. The lowest BCUT2D eigenvalue weighted by Crippen LogP contribution is -2.48. The number of nitrogens with two attached hydrogens (primary N) is 1. The number of pyridine rings is 1. The highest BCUT2D eigenvalue weighted by Gasteiger charge is 2.57. The van der Waals surface area contributed by atoms with Crippen LogP contribution < -0.4 is 5.73 Å². The van der Waals surface area contributed by atoms with Crippen molar-refractivity contribution in [2.75, 3.05) is 13.2 Å². The quantitative estimate of drug-likeness (QED) is 0.214. The van der Waals surface area contributed by atoms with Gasteiger partial charge in [0.15, 0.2) is 5.72 Å². The van der Waals surface area contributed by atoms with E-state index < -0.39 is 28.5 Å². The number of rotatable bonds is 9. The lowest BCUT2D eigenvalue weighted by molar-refractivity contribution is -0.130. The van der Waals surface area contributed by atoms with Gasteiger partial charge >= 0.3 is 0 Å². The normalized spacial score (nSPS) is 22.2. The van der Waals surface area contributed by atoms with E-state index in [2.05, 4.69) is 16.9 Å². The maximum absolute atomic E-state index is 16.8. The highest BCUT2D eigenvalue weighted by molar-refractivity contribution is 6.30. The molecular weight excluding hydrogens is 581 g/mol. The number of ether oxygens (including phenoxy) is 1. The van der Waals surface area contributed by atoms with E-state index in [1.165, 1.54) is 11.0 Å². The molecule has 3 aliphatic rings. The first-order chi connectivity index (χ1) is 21.1.